The predicted octanol–water partition coefficient (Wildman–Crippen LogP) is 3.68. The molecule has 6 nitrogen and oxygen atoms in total. The lowest BCUT2D eigenvalue weighted by molar-refractivity contribution is -0.129. The minimum Gasteiger partial charge on any atom is -0.457 e. The molecule has 1 aliphatic rings. The molecule has 4 rings (SSSR count). The molecule has 7 heteroatoms. The van der Waals surface area contributed by atoms with Crippen LogP contribution in [0, 0.1) is 11.7 Å². The van der Waals surface area contributed by atoms with E-state index in [1.165, 1.54) is 12.1 Å². The fraction of sp³-hybridized carbons (Fsp3) is 0.240. The van der Waals surface area contributed by atoms with E-state index < -0.39 is 12.6 Å². The number of rotatable bonds is 9. The molecule has 164 valence electrons. The summed E-state index contributed by atoms with van der Waals surface area (Å²) in [6.45, 7) is -0.438. The first kappa shape index (κ1) is 21.6. The highest BCUT2D eigenvalue weighted by Crippen LogP contribution is 2.29. The molecule has 2 aromatic carbocycles. The van der Waals surface area contributed by atoms with Gasteiger partial charge in [0.2, 0.25) is 5.91 Å². The number of aliphatic hydroxyl groups excluding tert-OH is 1. The number of Topliss-reactive ketones (excluding diaryl/α,β-unsaturated/α-hetero) is 1. The zero-order valence-corrected chi connectivity index (χ0v) is 17.3. The number of ether oxygens (including phenoxy) is 1. The number of aromatic nitrogens is 1. The first-order chi connectivity index (χ1) is 15.5. The third-order valence-electron chi connectivity index (χ3n) is 5.20. The molecule has 32 heavy (non-hydrogen) atoms. The number of nitrogens with zero attached hydrogens (tertiary/aromatic N) is 1. The van der Waals surface area contributed by atoms with Crippen molar-refractivity contribution >= 4 is 11.7 Å². The van der Waals surface area contributed by atoms with Crippen molar-refractivity contribution < 1.29 is 23.8 Å². The van der Waals surface area contributed by atoms with Gasteiger partial charge >= 0.3 is 0 Å². The lowest BCUT2D eigenvalue weighted by Gasteiger charge is -2.15. The summed E-state index contributed by atoms with van der Waals surface area (Å²) >= 11 is 0. The van der Waals surface area contributed by atoms with E-state index in [1.54, 1.807) is 30.3 Å². The van der Waals surface area contributed by atoms with Crippen LogP contribution in [0.4, 0.5) is 4.39 Å². The second-order valence-electron chi connectivity index (χ2n) is 7.76. The van der Waals surface area contributed by atoms with Crippen LogP contribution in [0.1, 0.15) is 18.5 Å². The van der Waals surface area contributed by atoms with Gasteiger partial charge in [-0.25, -0.2) is 4.39 Å². The van der Waals surface area contributed by atoms with Gasteiger partial charge in [0.15, 0.2) is 5.78 Å². The number of carbonyl (C=O) groups is 2. The Hall–Kier alpha value is -3.58. The van der Waals surface area contributed by atoms with Crippen molar-refractivity contribution in [3.05, 3.63) is 78.2 Å². The number of amides is 1. The molecule has 0 radical (unpaired) electrons. The molecular weight excluding hydrogens is 411 g/mol. The highest BCUT2D eigenvalue weighted by molar-refractivity contribution is 5.91. The molecule has 0 spiro atoms. The third kappa shape index (κ3) is 5.56. The maximum atomic E-state index is 13.0. The zero-order chi connectivity index (χ0) is 22.5. The van der Waals surface area contributed by atoms with Crippen LogP contribution in [0.2, 0.25) is 0 Å². The molecule has 1 fully saturated rings. The normalized spacial score (nSPS) is 13.9. The Bertz CT molecular complexity index is 1100. The fourth-order valence-corrected chi connectivity index (χ4v) is 3.24. The van der Waals surface area contributed by atoms with Gasteiger partial charge in [0, 0.05) is 17.2 Å². The number of pyridine rings is 1. The summed E-state index contributed by atoms with van der Waals surface area (Å²) in [5.41, 5.74) is 2.08. The second-order valence-corrected chi connectivity index (χ2v) is 7.76. The molecule has 2 N–H and O–H groups in total. The van der Waals surface area contributed by atoms with Gasteiger partial charge in [-0.1, -0.05) is 6.07 Å². The third-order valence-corrected chi connectivity index (χ3v) is 5.20. The van der Waals surface area contributed by atoms with E-state index in [0.29, 0.717) is 22.9 Å². The molecule has 1 saturated carbocycles. The SMILES string of the molecule is O=C(N[C@@H](CO)C(=O)Cc1cccc(-c2ccc(Oc3ccc(F)cc3)cc2)n1)C1CC1. The summed E-state index contributed by atoms with van der Waals surface area (Å²) < 4.78 is 18.7. The highest BCUT2D eigenvalue weighted by atomic mass is 19.1. The summed E-state index contributed by atoms with van der Waals surface area (Å²) in [5, 5.41) is 12.1. The molecule has 3 aromatic rings. The van der Waals surface area contributed by atoms with Crippen molar-refractivity contribution in [2.75, 3.05) is 6.61 Å². The maximum absolute atomic E-state index is 13.0. The first-order valence-corrected chi connectivity index (χ1v) is 10.5. The molecule has 0 saturated heterocycles. The van der Waals surface area contributed by atoms with Crippen LogP contribution in [0.3, 0.4) is 0 Å². The van der Waals surface area contributed by atoms with Gasteiger partial charge in [-0.3, -0.25) is 14.6 Å². The molecule has 1 amide bonds. The van der Waals surface area contributed by atoms with Crippen LogP contribution >= 0.6 is 0 Å². The number of benzene rings is 2. The molecule has 1 aromatic heterocycles. The minimum absolute atomic E-state index is 0.00970. The molecule has 1 aliphatic carbocycles. The summed E-state index contributed by atoms with van der Waals surface area (Å²) in [7, 11) is 0. The minimum atomic E-state index is -0.920. The van der Waals surface area contributed by atoms with Crippen molar-refractivity contribution in [2.45, 2.75) is 25.3 Å². The average Bonchev–Trinajstić information content (AvgIpc) is 3.65. The van der Waals surface area contributed by atoms with E-state index in [1.807, 2.05) is 24.3 Å². The van der Waals surface area contributed by atoms with E-state index in [9.17, 15) is 19.1 Å². The summed E-state index contributed by atoms with van der Waals surface area (Å²) in [4.78, 5) is 29.0. The molecule has 0 aliphatic heterocycles. The Morgan fingerprint density at radius 2 is 1.69 bits per heavy atom. The van der Waals surface area contributed by atoms with Gasteiger partial charge in [0.05, 0.1) is 18.7 Å². The summed E-state index contributed by atoms with van der Waals surface area (Å²) in [6, 6.07) is 17.5. The van der Waals surface area contributed by atoms with Crippen molar-refractivity contribution in [1.82, 2.24) is 10.3 Å². The van der Waals surface area contributed by atoms with E-state index in [-0.39, 0.29) is 29.8 Å². The number of hydrogen-bond donors (Lipinski definition) is 2. The quantitative estimate of drug-likeness (QED) is 0.536. The van der Waals surface area contributed by atoms with E-state index in [2.05, 4.69) is 10.3 Å². The topological polar surface area (TPSA) is 88.5 Å². The smallest absolute Gasteiger partial charge is 0.223 e. The van der Waals surface area contributed by atoms with Gasteiger partial charge in [-0.05, 0) is 73.5 Å². The van der Waals surface area contributed by atoms with Gasteiger partial charge in [-0.2, -0.15) is 0 Å². The van der Waals surface area contributed by atoms with Crippen molar-refractivity contribution in [2.24, 2.45) is 5.92 Å². The van der Waals surface area contributed by atoms with Crippen LogP contribution in [0.5, 0.6) is 11.5 Å². The Balaban J connectivity index is 1.41. The fourth-order valence-electron chi connectivity index (χ4n) is 3.24. The summed E-state index contributed by atoms with van der Waals surface area (Å²) in [5.74, 6) is 0.311. The predicted molar refractivity (Wildman–Crippen MR) is 117 cm³/mol. The van der Waals surface area contributed by atoms with Crippen molar-refractivity contribution in [1.29, 1.82) is 0 Å². The number of carbonyl (C=O) groups excluding carboxylic acids is 2. The van der Waals surface area contributed by atoms with E-state index in [4.69, 9.17) is 4.74 Å². The Kier molecular flexibility index (Phi) is 6.56. The first-order valence-electron chi connectivity index (χ1n) is 10.5. The maximum Gasteiger partial charge on any atom is 0.223 e. The number of halogens is 1. The lowest BCUT2D eigenvalue weighted by atomic mass is 10.1. The van der Waals surface area contributed by atoms with E-state index in [0.717, 1.165) is 18.4 Å². The number of aliphatic hydroxyl groups is 1. The Labute approximate surface area is 185 Å². The van der Waals surface area contributed by atoms with Gasteiger partial charge < -0.3 is 15.2 Å². The van der Waals surface area contributed by atoms with E-state index >= 15 is 0 Å². The van der Waals surface area contributed by atoms with Crippen molar-refractivity contribution in [3.8, 4) is 22.8 Å². The zero-order valence-electron chi connectivity index (χ0n) is 17.3. The Morgan fingerprint density at radius 1 is 1.03 bits per heavy atom. The molecular formula is C25H23FN2O4. The van der Waals surface area contributed by atoms with Crippen molar-refractivity contribution in [3.63, 3.8) is 0 Å². The second kappa shape index (κ2) is 9.70. The molecule has 0 unspecified atom stereocenters. The van der Waals surface area contributed by atoms with Crippen LogP contribution < -0.4 is 10.1 Å². The van der Waals surface area contributed by atoms with Gasteiger partial charge in [0.25, 0.3) is 0 Å². The van der Waals surface area contributed by atoms with Crippen LogP contribution in [0.25, 0.3) is 11.3 Å². The van der Waals surface area contributed by atoms with Gasteiger partial charge in [0.1, 0.15) is 23.4 Å². The molecule has 1 atom stereocenters. The van der Waals surface area contributed by atoms with Crippen LogP contribution in [0.15, 0.2) is 66.7 Å². The summed E-state index contributed by atoms with van der Waals surface area (Å²) in [6.07, 6.45) is 1.67. The number of hydrogen-bond acceptors (Lipinski definition) is 5. The average molecular weight is 434 g/mol. The lowest BCUT2D eigenvalue weighted by Crippen LogP contribution is -2.44. The highest BCUT2D eigenvalue weighted by Gasteiger charge is 2.32. The van der Waals surface area contributed by atoms with Crippen LogP contribution in [-0.4, -0.2) is 34.4 Å². The standard InChI is InChI=1S/C25H23FN2O4/c26-18-8-12-21(13-9-18)32-20-10-6-16(7-11-20)22-3-1-2-19(27-22)14-24(30)23(15-29)28-25(31)17-4-5-17/h1-3,6-13,17,23,29H,4-5,14-15H2,(H,28,31)/t23-/m0/s1. The van der Waals surface area contributed by atoms with Crippen LogP contribution in [-0.2, 0) is 16.0 Å². The number of ketones is 1. The number of nitrogens with one attached hydrogen (secondary N) is 1. The molecule has 1 heterocycles. The Morgan fingerprint density at radius 3 is 2.31 bits per heavy atom. The van der Waals surface area contributed by atoms with Gasteiger partial charge in [-0.15, -0.1) is 0 Å². The largest absolute Gasteiger partial charge is 0.457 e. The monoisotopic (exact) mass is 434 g/mol. The molecule has 0 bridgehead atoms.